The van der Waals surface area contributed by atoms with Crippen molar-refractivity contribution in [2.24, 2.45) is 0 Å². The Bertz CT molecular complexity index is 324. The maximum Gasteiger partial charge on any atom is 0.326 e. The van der Waals surface area contributed by atoms with Gasteiger partial charge >= 0.3 is 5.97 Å². The molecule has 20 heavy (non-hydrogen) atoms. The van der Waals surface area contributed by atoms with E-state index in [0.29, 0.717) is 18.7 Å². The molecule has 0 amide bonds. The lowest BCUT2D eigenvalue weighted by Gasteiger charge is -2.42. The SMILES string of the molecule is CCOC(=O)C(C)(CC(C)N1CCN(C)C(C)C1)NC. The third kappa shape index (κ3) is 4.17. The summed E-state index contributed by atoms with van der Waals surface area (Å²) >= 11 is 0. The van der Waals surface area contributed by atoms with Gasteiger partial charge in [-0.1, -0.05) is 0 Å². The van der Waals surface area contributed by atoms with E-state index in [9.17, 15) is 4.79 Å². The van der Waals surface area contributed by atoms with E-state index >= 15 is 0 Å². The van der Waals surface area contributed by atoms with Crippen LogP contribution in [0.5, 0.6) is 0 Å². The smallest absolute Gasteiger partial charge is 0.326 e. The molecular weight excluding hydrogens is 254 g/mol. The van der Waals surface area contributed by atoms with Crippen molar-refractivity contribution in [3.05, 3.63) is 0 Å². The largest absolute Gasteiger partial charge is 0.465 e. The van der Waals surface area contributed by atoms with E-state index in [1.807, 2.05) is 20.9 Å². The monoisotopic (exact) mass is 285 g/mol. The Hall–Kier alpha value is -0.650. The van der Waals surface area contributed by atoms with Gasteiger partial charge in [-0.05, 0) is 48.2 Å². The van der Waals surface area contributed by atoms with Gasteiger partial charge in [0.05, 0.1) is 6.61 Å². The summed E-state index contributed by atoms with van der Waals surface area (Å²) in [6, 6.07) is 0.919. The molecule has 1 fully saturated rings. The predicted octanol–water partition coefficient (Wildman–Crippen LogP) is 0.942. The second kappa shape index (κ2) is 7.38. The average Bonchev–Trinajstić information content (AvgIpc) is 2.41. The molecule has 1 aliphatic rings. The summed E-state index contributed by atoms with van der Waals surface area (Å²) in [7, 11) is 4.00. The van der Waals surface area contributed by atoms with Crippen molar-refractivity contribution < 1.29 is 9.53 Å². The molecule has 3 atom stereocenters. The Kier molecular flexibility index (Phi) is 6.43. The maximum atomic E-state index is 12.1. The second-order valence-corrected chi connectivity index (χ2v) is 6.18. The Morgan fingerprint density at radius 3 is 2.65 bits per heavy atom. The van der Waals surface area contributed by atoms with Crippen LogP contribution in [0.25, 0.3) is 0 Å². The highest BCUT2D eigenvalue weighted by molar-refractivity contribution is 5.80. The standard InChI is InChI=1S/C15H31N3O2/c1-7-20-14(19)15(4,16-5)10-12(2)18-9-8-17(6)13(3)11-18/h12-13,16H,7-11H2,1-6H3. The molecule has 0 saturated carbocycles. The number of ether oxygens (including phenoxy) is 1. The van der Waals surface area contributed by atoms with Crippen LogP contribution in [0, 0.1) is 0 Å². The van der Waals surface area contributed by atoms with E-state index in [1.165, 1.54) is 0 Å². The van der Waals surface area contributed by atoms with Crippen molar-refractivity contribution in [3.63, 3.8) is 0 Å². The highest BCUT2D eigenvalue weighted by Crippen LogP contribution is 2.20. The number of rotatable bonds is 6. The number of hydrogen-bond acceptors (Lipinski definition) is 5. The Morgan fingerprint density at radius 1 is 1.50 bits per heavy atom. The van der Waals surface area contributed by atoms with Crippen molar-refractivity contribution in [2.75, 3.05) is 40.3 Å². The minimum absolute atomic E-state index is 0.156. The number of nitrogens with zero attached hydrogens (tertiary/aromatic N) is 2. The molecule has 0 aliphatic carbocycles. The molecule has 0 radical (unpaired) electrons. The number of likely N-dealkylation sites (N-methyl/N-ethyl adjacent to an activating group) is 2. The Balaban J connectivity index is 2.63. The van der Waals surface area contributed by atoms with Gasteiger partial charge in [-0.15, -0.1) is 0 Å². The summed E-state index contributed by atoms with van der Waals surface area (Å²) in [5, 5.41) is 3.14. The molecule has 3 unspecified atom stereocenters. The van der Waals surface area contributed by atoms with Gasteiger partial charge in [-0.25, -0.2) is 0 Å². The fourth-order valence-electron chi connectivity index (χ4n) is 2.77. The van der Waals surface area contributed by atoms with Crippen molar-refractivity contribution in [1.29, 1.82) is 0 Å². The third-order valence-corrected chi connectivity index (χ3v) is 4.60. The van der Waals surface area contributed by atoms with E-state index in [1.54, 1.807) is 0 Å². The minimum Gasteiger partial charge on any atom is -0.465 e. The lowest BCUT2D eigenvalue weighted by atomic mass is 9.92. The topological polar surface area (TPSA) is 44.8 Å². The summed E-state index contributed by atoms with van der Waals surface area (Å²) in [6.45, 7) is 11.9. The summed E-state index contributed by atoms with van der Waals surface area (Å²) in [4.78, 5) is 17.0. The van der Waals surface area contributed by atoms with Crippen LogP contribution in [0.1, 0.15) is 34.1 Å². The molecule has 0 spiro atoms. The number of nitrogens with one attached hydrogen (secondary N) is 1. The van der Waals surface area contributed by atoms with Gasteiger partial charge in [-0.3, -0.25) is 9.69 Å². The van der Waals surface area contributed by atoms with Gasteiger partial charge < -0.3 is 15.0 Å². The molecule has 1 aliphatic heterocycles. The zero-order valence-corrected chi connectivity index (χ0v) is 13.9. The molecule has 0 aromatic rings. The molecule has 5 heteroatoms. The maximum absolute atomic E-state index is 12.1. The van der Waals surface area contributed by atoms with Crippen molar-refractivity contribution in [1.82, 2.24) is 15.1 Å². The molecule has 0 aromatic carbocycles. The van der Waals surface area contributed by atoms with Gasteiger partial charge in [0, 0.05) is 31.7 Å². The van der Waals surface area contributed by atoms with Gasteiger partial charge in [0.15, 0.2) is 0 Å². The first-order valence-electron chi connectivity index (χ1n) is 7.64. The molecule has 1 heterocycles. The fourth-order valence-corrected chi connectivity index (χ4v) is 2.77. The van der Waals surface area contributed by atoms with Crippen molar-refractivity contribution >= 4 is 5.97 Å². The molecule has 1 rings (SSSR count). The summed E-state index contributed by atoms with van der Waals surface area (Å²) in [5.41, 5.74) is -0.609. The second-order valence-electron chi connectivity index (χ2n) is 6.18. The van der Waals surface area contributed by atoms with E-state index in [-0.39, 0.29) is 5.97 Å². The molecule has 5 nitrogen and oxygen atoms in total. The number of carbonyl (C=O) groups is 1. The van der Waals surface area contributed by atoms with Crippen LogP contribution in [-0.4, -0.2) is 73.7 Å². The van der Waals surface area contributed by atoms with E-state index < -0.39 is 5.54 Å². The van der Waals surface area contributed by atoms with Crippen LogP contribution in [0.2, 0.25) is 0 Å². The van der Waals surface area contributed by atoms with Crippen LogP contribution in [0.4, 0.5) is 0 Å². The van der Waals surface area contributed by atoms with Gasteiger partial charge in [0.1, 0.15) is 5.54 Å². The van der Waals surface area contributed by atoms with Crippen LogP contribution >= 0.6 is 0 Å². The summed E-state index contributed by atoms with van der Waals surface area (Å²) < 4.78 is 5.20. The fraction of sp³-hybridized carbons (Fsp3) is 0.933. The minimum atomic E-state index is -0.609. The number of hydrogen-bond donors (Lipinski definition) is 1. The summed E-state index contributed by atoms with van der Waals surface area (Å²) in [6.07, 6.45) is 0.763. The van der Waals surface area contributed by atoms with Gasteiger partial charge in [0.25, 0.3) is 0 Å². The Labute approximate surface area is 123 Å². The quantitative estimate of drug-likeness (QED) is 0.736. The van der Waals surface area contributed by atoms with E-state index in [0.717, 1.165) is 26.1 Å². The Morgan fingerprint density at radius 2 is 2.15 bits per heavy atom. The number of carbonyl (C=O) groups excluding carboxylic acids is 1. The summed E-state index contributed by atoms with van der Waals surface area (Å²) in [5.74, 6) is -0.156. The first-order chi connectivity index (χ1) is 9.34. The number of piperazine rings is 1. The van der Waals surface area contributed by atoms with Crippen molar-refractivity contribution in [3.8, 4) is 0 Å². The van der Waals surface area contributed by atoms with Crippen LogP contribution < -0.4 is 5.32 Å². The zero-order chi connectivity index (χ0) is 15.3. The number of esters is 1. The zero-order valence-electron chi connectivity index (χ0n) is 13.9. The molecule has 0 bridgehead atoms. The highest BCUT2D eigenvalue weighted by Gasteiger charge is 2.37. The van der Waals surface area contributed by atoms with E-state index in [2.05, 4.69) is 36.0 Å². The lowest BCUT2D eigenvalue weighted by molar-refractivity contribution is -0.151. The highest BCUT2D eigenvalue weighted by atomic mass is 16.5. The molecule has 118 valence electrons. The molecule has 1 N–H and O–H groups in total. The van der Waals surface area contributed by atoms with E-state index in [4.69, 9.17) is 4.74 Å². The first-order valence-corrected chi connectivity index (χ1v) is 7.64. The lowest BCUT2D eigenvalue weighted by Crippen LogP contribution is -2.57. The molecule has 0 aromatic heterocycles. The third-order valence-electron chi connectivity index (χ3n) is 4.60. The van der Waals surface area contributed by atoms with Crippen LogP contribution in [0.3, 0.4) is 0 Å². The normalized spacial score (nSPS) is 26.0. The van der Waals surface area contributed by atoms with Gasteiger partial charge in [-0.2, -0.15) is 0 Å². The van der Waals surface area contributed by atoms with Crippen molar-refractivity contribution in [2.45, 2.75) is 51.7 Å². The molecule has 1 saturated heterocycles. The predicted molar refractivity (Wildman–Crippen MR) is 81.8 cm³/mol. The van der Waals surface area contributed by atoms with Crippen LogP contribution in [0.15, 0.2) is 0 Å². The molecular formula is C15H31N3O2. The average molecular weight is 285 g/mol. The van der Waals surface area contributed by atoms with Crippen LogP contribution in [-0.2, 0) is 9.53 Å². The first kappa shape index (κ1) is 17.4. The van der Waals surface area contributed by atoms with Gasteiger partial charge in [0.2, 0.25) is 0 Å².